The Labute approximate surface area is 157 Å². The van der Waals surface area contributed by atoms with Gasteiger partial charge in [-0.2, -0.15) is 0 Å². The van der Waals surface area contributed by atoms with Crippen molar-refractivity contribution in [3.8, 4) is 0 Å². The van der Waals surface area contributed by atoms with Crippen molar-refractivity contribution < 1.29 is 4.79 Å². The highest BCUT2D eigenvalue weighted by molar-refractivity contribution is 6.30. The van der Waals surface area contributed by atoms with E-state index in [2.05, 4.69) is 22.3 Å². The molecule has 25 heavy (non-hydrogen) atoms. The molecule has 138 valence electrons. The van der Waals surface area contributed by atoms with Crippen LogP contribution in [0.5, 0.6) is 0 Å². The zero-order chi connectivity index (χ0) is 18.1. The molecule has 2 aliphatic rings. The number of rotatable bonds is 4. The Morgan fingerprint density at radius 1 is 1.20 bits per heavy atom. The first-order valence-electron chi connectivity index (χ1n) is 9.58. The van der Waals surface area contributed by atoms with Crippen LogP contribution >= 0.6 is 11.6 Å². The molecule has 0 unspecified atom stereocenters. The average Bonchev–Trinajstić information content (AvgIpc) is 2.52. The Morgan fingerprint density at radius 2 is 1.80 bits per heavy atom. The molecule has 0 radical (unpaired) electrons. The molecule has 1 N–H and O–H groups in total. The molecule has 0 aromatic heterocycles. The summed E-state index contributed by atoms with van der Waals surface area (Å²) in [5.74, 6) is 0.169. The minimum Gasteiger partial charge on any atom is -0.353 e. The van der Waals surface area contributed by atoms with Crippen molar-refractivity contribution >= 4 is 17.5 Å². The first-order valence-corrected chi connectivity index (χ1v) is 9.96. The third-order valence-corrected chi connectivity index (χ3v) is 6.15. The summed E-state index contributed by atoms with van der Waals surface area (Å²) in [6.07, 6.45) is 5.97. The van der Waals surface area contributed by atoms with Gasteiger partial charge in [-0.25, -0.2) is 0 Å². The van der Waals surface area contributed by atoms with Gasteiger partial charge in [-0.15, -0.1) is 0 Å². The van der Waals surface area contributed by atoms with Gasteiger partial charge in [0.05, 0.1) is 0 Å². The largest absolute Gasteiger partial charge is 0.353 e. The summed E-state index contributed by atoms with van der Waals surface area (Å²) < 4.78 is 0. The summed E-state index contributed by atoms with van der Waals surface area (Å²) >= 11 is 6.06. The predicted octanol–water partition coefficient (Wildman–Crippen LogP) is 4.39. The maximum absolute atomic E-state index is 12.2. The Balaban J connectivity index is 1.54. The number of likely N-dealkylation sites (tertiary alicyclic amines) is 1. The molecule has 3 rings (SSSR count). The van der Waals surface area contributed by atoms with E-state index in [-0.39, 0.29) is 11.3 Å². The topological polar surface area (TPSA) is 32.3 Å². The van der Waals surface area contributed by atoms with Crippen LogP contribution < -0.4 is 5.32 Å². The van der Waals surface area contributed by atoms with Gasteiger partial charge < -0.3 is 10.2 Å². The third kappa shape index (κ3) is 4.38. The van der Waals surface area contributed by atoms with E-state index in [1.165, 1.54) is 24.8 Å². The lowest BCUT2D eigenvalue weighted by Crippen LogP contribution is -2.52. The van der Waals surface area contributed by atoms with Crippen LogP contribution in [0.4, 0.5) is 0 Å². The molecule has 0 atom stereocenters. The Hall–Kier alpha value is -1.06. The molecule has 1 saturated carbocycles. The van der Waals surface area contributed by atoms with Crippen molar-refractivity contribution in [3.05, 3.63) is 34.9 Å². The fourth-order valence-electron chi connectivity index (χ4n) is 4.01. The first-order chi connectivity index (χ1) is 11.8. The molecule has 1 aromatic rings. The summed E-state index contributed by atoms with van der Waals surface area (Å²) in [5.41, 5.74) is 1.44. The second-order valence-electron chi connectivity index (χ2n) is 8.91. The van der Waals surface area contributed by atoms with Gasteiger partial charge in [0.25, 0.3) is 0 Å². The Morgan fingerprint density at radius 3 is 2.28 bits per heavy atom. The summed E-state index contributed by atoms with van der Waals surface area (Å²) in [5, 5.41) is 4.04. The predicted molar refractivity (Wildman–Crippen MR) is 104 cm³/mol. The van der Waals surface area contributed by atoms with E-state index < -0.39 is 0 Å². The Bertz CT molecular complexity index is 593. The number of nitrogens with one attached hydrogen (secondary N) is 1. The lowest BCUT2D eigenvalue weighted by molar-refractivity contribution is -0.129. The van der Waals surface area contributed by atoms with E-state index in [1.807, 2.05) is 32.9 Å². The average molecular weight is 363 g/mol. The SMILES string of the molecule is CC(C)(C)C(=O)NC1CCN(CC2(c3ccc(Cl)cc3)CCC2)CC1. The van der Waals surface area contributed by atoms with E-state index in [0.29, 0.717) is 11.5 Å². The first kappa shape index (κ1) is 18.7. The zero-order valence-corrected chi connectivity index (χ0v) is 16.5. The van der Waals surface area contributed by atoms with Gasteiger partial charge in [-0.1, -0.05) is 50.9 Å². The van der Waals surface area contributed by atoms with Gasteiger partial charge >= 0.3 is 0 Å². The number of hydrogen-bond donors (Lipinski definition) is 1. The number of halogens is 1. The monoisotopic (exact) mass is 362 g/mol. The molecule has 0 spiro atoms. The van der Waals surface area contributed by atoms with Gasteiger partial charge in [0.1, 0.15) is 0 Å². The number of carbonyl (C=O) groups excluding carboxylic acids is 1. The van der Waals surface area contributed by atoms with Crippen molar-refractivity contribution in [1.82, 2.24) is 10.2 Å². The highest BCUT2D eigenvalue weighted by Gasteiger charge is 2.40. The van der Waals surface area contributed by atoms with E-state index in [4.69, 9.17) is 11.6 Å². The minimum absolute atomic E-state index is 0.169. The van der Waals surface area contributed by atoms with Gasteiger partial charge in [0.15, 0.2) is 0 Å². The minimum atomic E-state index is -0.304. The molecule has 3 nitrogen and oxygen atoms in total. The molecule has 0 bridgehead atoms. The van der Waals surface area contributed by atoms with Crippen LogP contribution in [-0.4, -0.2) is 36.5 Å². The second-order valence-corrected chi connectivity index (χ2v) is 9.35. The van der Waals surface area contributed by atoms with Gasteiger partial charge in [0, 0.05) is 41.5 Å². The number of amides is 1. The molecule has 1 aromatic carbocycles. The smallest absolute Gasteiger partial charge is 0.225 e. The zero-order valence-electron chi connectivity index (χ0n) is 15.8. The molecular formula is C21H31ClN2O. The van der Waals surface area contributed by atoms with Gasteiger partial charge in [-0.3, -0.25) is 4.79 Å². The summed E-state index contributed by atoms with van der Waals surface area (Å²) in [6.45, 7) is 9.21. The number of nitrogens with zero attached hydrogens (tertiary/aromatic N) is 1. The molecule has 4 heteroatoms. The van der Waals surface area contributed by atoms with Crippen molar-refractivity contribution in [2.24, 2.45) is 5.41 Å². The third-order valence-electron chi connectivity index (χ3n) is 5.90. The molecule has 1 heterocycles. The molecule has 1 aliphatic carbocycles. The fourth-order valence-corrected chi connectivity index (χ4v) is 4.14. The van der Waals surface area contributed by atoms with Crippen LogP contribution in [0, 0.1) is 5.41 Å². The molecule has 1 amide bonds. The quantitative estimate of drug-likeness (QED) is 0.861. The van der Waals surface area contributed by atoms with Gasteiger partial charge in [0.2, 0.25) is 5.91 Å². The molecular weight excluding hydrogens is 332 g/mol. The van der Waals surface area contributed by atoms with Gasteiger partial charge in [-0.05, 0) is 43.4 Å². The van der Waals surface area contributed by atoms with E-state index >= 15 is 0 Å². The van der Waals surface area contributed by atoms with E-state index in [0.717, 1.165) is 37.5 Å². The number of hydrogen-bond acceptors (Lipinski definition) is 2. The molecule has 1 aliphatic heterocycles. The van der Waals surface area contributed by atoms with Crippen molar-refractivity contribution in [1.29, 1.82) is 0 Å². The number of piperidine rings is 1. The van der Waals surface area contributed by atoms with Crippen molar-refractivity contribution in [2.75, 3.05) is 19.6 Å². The van der Waals surface area contributed by atoms with Crippen LogP contribution in [0.25, 0.3) is 0 Å². The number of carbonyl (C=O) groups is 1. The maximum Gasteiger partial charge on any atom is 0.225 e. The molecule has 1 saturated heterocycles. The maximum atomic E-state index is 12.2. The lowest BCUT2D eigenvalue weighted by atomic mass is 9.64. The molecule has 2 fully saturated rings. The van der Waals surface area contributed by atoms with Crippen LogP contribution in [0.15, 0.2) is 24.3 Å². The Kier molecular flexibility index (Phi) is 5.45. The standard InChI is InChI=1S/C21H31ClN2O/c1-20(2,3)19(25)23-18-9-13-24(14-10-18)15-21(11-4-12-21)16-5-7-17(22)8-6-16/h5-8,18H,4,9-15H2,1-3H3,(H,23,25). The lowest BCUT2D eigenvalue weighted by Gasteiger charge is -2.47. The highest BCUT2D eigenvalue weighted by atomic mass is 35.5. The summed E-state index contributed by atoms with van der Waals surface area (Å²) in [7, 11) is 0. The van der Waals surface area contributed by atoms with Crippen LogP contribution in [0.2, 0.25) is 5.02 Å². The van der Waals surface area contributed by atoms with Crippen LogP contribution in [0.3, 0.4) is 0 Å². The second kappa shape index (κ2) is 7.28. The normalized spacial score (nSPS) is 21.6. The fraction of sp³-hybridized carbons (Fsp3) is 0.667. The highest BCUT2D eigenvalue weighted by Crippen LogP contribution is 2.44. The van der Waals surface area contributed by atoms with Crippen LogP contribution in [-0.2, 0) is 10.2 Å². The van der Waals surface area contributed by atoms with E-state index in [1.54, 1.807) is 0 Å². The summed E-state index contributed by atoms with van der Waals surface area (Å²) in [6, 6.07) is 8.78. The number of benzene rings is 1. The van der Waals surface area contributed by atoms with Crippen molar-refractivity contribution in [3.63, 3.8) is 0 Å². The van der Waals surface area contributed by atoms with E-state index in [9.17, 15) is 4.79 Å². The van der Waals surface area contributed by atoms with Crippen LogP contribution in [0.1, 0.15) is 58.4 Å². The van der Waals surface area contributed by atoms with Crippen molar-refractivity contribution in [2.45, 2.75) is 64.3 Å². The summed E-state index contributed by atoms with van der Waals surface area (Å²) in [4.78, 5) is 14.8.